The van der Waals surface area contributed by atoms with E-state index in [-0.39, 0.29) is 6.10 Å². The normalized spacial score (nSPS) is 17.3. The Balaban J connectivity index is 1.51. The maximum Gasteiger partial charge on any atom is 0.123 e. The molecule has 19 heavy (non-hydrogen) atoms. The highest BCUT2D eigenvalue weighted by Gasteiger charge is 2.22. The molecular formula is C14H13Cl2NOS. The van der Waals surface area contributed by atoms with Gasteiger partial charge in [0.1, 0.15) is 11.9 Å². The van der Waals surface area contributed by atoms with E-state index < -0.39 is 0 Å². The van der Waals surface area contributed by atoms with Crippen LogP contribution < -0.4 is 10.1 Å². The molecule has 2 heterocycles. The number of fused-ring (bicyclic) bond motifs is 1. The average Bonchev–Trinajstić information content (AvgIpc) is 2.95. The minimum absolute atomic E-state index is 0.184. The number of hydrogen-bond acceptors (Lipinski definition) is 3. The fourth-order valence-electron chi connectivity index (χ4n) is 2.21. The zero-order chi connectivity index (χ0) is 13.2. The van der Waals surface area contributed by atoms with Crippen molar-refractivity contribution in [2.45, 2.75) is 19.1 Å². The molecule has 0 radical (unpaired) electrons. The van der Waals surface area contributed by atoms with Gasteiger partial charge in [-0.05, 0) is 35.9 Å². The molecule has 0 spiro atoms. The van der Waals surface area contributed by atoms with Crippen LogP contribution in [0.15, 0.2) is 30.3 Å². The number of hydrogen-bond donors (Lipinski definition) is 1. The van der Waals surface area contributed by atoms with Crippen LogP contribution in [0.1, 0.15) is 10.4 Å². The van der Waals surface area contributed by atoms with Gasteiger partial charge in [-0.25, -0.2) is 0 Å². The Kier molecular flexibility index (Phi) is 3.99. The topological polar surface area (TPSA) is 21.3 Å². The molecule has 2 nitrogen and oxygen atoms in total. The molecule has 0 amide bonds. The van der Waals surface area contributed by atoms with Crippen LogP contribution in [0.3, 0.4) is 0 Å². The molecule has 1 N–H and O–H groups in total. The summed E-state index contributed by atoms with van der Waals surface area (Å²) < 4.78 is 6.69. The molecule has 1 atom stereocenters. The number of rotatable bonds is 4. The van der Waals surface area contributed by atoms with Gasteiger partial charge in [-0.3, -0.25) is 0 Å². The minimum atomic E-state index is 0.184. The summed E-state index contributed by atoms with van der Waals surface area (Å²) in [7, 11) is 0. The SMILES string of the molecule is Clc1ccc2c(c1)CC(CNCc1ccc(Cl)s1)O2. The number of halogens is 2. The fourth-order valence-corrected chi connectivity index (χ4v) is 3.46. The second-order valence-electron chi connectivity index (χ2n) is 4.53. The lowest BCUT2D eigenvalue weighted by Gasteiger charge is -2.11. The van der Waals surface area contributed by atoms with E-state index in [0.717, 1.165) is 34.6 Å². The summed E-state index contributed by atoms with van der Waals surface area (Å²) in [4.78, 5) is 1.24. The van der Waals surface area contributed by atoms with Gasteiger partial charge in [0, 0.05) is 29.4 Å². The molecule has 1 aromatic carbocycles. The third-order valence-electron chi connectivity index (χ3n) is 3.06. The Labute approximate surface area is 126 Å². The van der Waals surface area contributed by atoms with Crippen LogP contribution in [-0.4, -0.2) is 12.6 Å². The van der Waals surface area contributed by atoms with Gasteiger partial charge in [0.2, 0.25) is 0 Å². The maximum absolute atomic E-state index is 5.98. The molecule has 1 aliphatic heterocycles. The van der Waals surface area contributed by atoms with Gasteiger partial charge >= 0.3 is 0 Å². The maximum atomic E-state index is 5.98. The second kappa shape index (κ2) is 5.71. The number of benzene rings is 1. The molecule has 3 rings (SSSR count). The van der Waals surface area contributed by atoms with E-state index in [2.05, 4.69) is 5.32 Å². The van der Waals surface area contributed by atoms with Gasteiger partial charge in [-0.1, -0.05) is 23.2 Å². The predicted molar refractivity (Wildman–Crippen MR) is 80.6 cm³/mol. The van der Waals surface area contributed by atoms with Crippen molar-refractivity contribution in [1.29, 1.82) is 0 Å². The second-order valence-corrected chi connectivity index (χ2v) is 6.77. The van der Waals surface area contributed by atoms with E-state index in [1.807, 2.05) is 30.3 Å². The highest BCUT2D eigenvalue weighted by molar-refractivity contribution is 7.16. The van der Waals surface area contributed by atoms with Crippen LogP contribution in [0.2, 0.25) is 9.36 Å². The zero-order valence-corrected chi connectivity index (χ0v) is 12.5. The van der Waals surface area contributed by atoms with Crippen LogP contribution in [-0.2, 0) is 13.0 Å². The first-order valence-electron chi connectivity index (χ1n) is 6.11. The van der Waals surface area contributed by atoms with Crippen LogP contribution in [0.4, 0.5) is 0 Å². The molecule has 5 heteroatoms. The first kappa shape index (κ1) is 13.3. The Morgan fingerprint density at radius 1 is 1.26 bits per heavy atom. The van der Waals surface area contributed by atoms with Crippen molar-refractivity contribution in [1.82, 2.24) is 5.32 Å². The molecule has 1 unspecified atom stereocenters. The Bertz CT molecular complexity index is 585. The Hall–Kier alpha value is -0.740. The highest BCUT2D eigenvalue weighted by Crippen LogP contribution is 2.30. The summed E-state index contributed by atoms with van der Waals surface area (Å²) in [5.74, 6) is 0.954. The first-order chi connectivity index (χ1) is 9.20. The molecule has 0 saturated carbocycles. The van der Waals surface area contributed by atoms with Gasteiger partial charge in [0.25, 0.3) is 0 Å². The lowest BCUT2D eigenvalue weighted by molar-refractivity contribution is 0.227. The van der Waals surface area contributed by atoms with Crippen LogP contribution in [0.5, 0.6) is 5.75 Å². The highest BCUT2D eigenvalue weighted by atomic mass is 35.5. The zero-order valence-electron chi connectivity index (χ0n) is 10.2. The Morgan fingerprint density at radius 2 is 2.16 bits per heavy atom. The van der Waals surface area contributed by atoms with E-state index in [9.17, 15) is 0 Å². The van der Waals surface area contributed by atoms with Gasteiger partial charge in [-0.15, -0.1) is 11.3 Å². The van der Waals surface area contributed by atoms with Crippen LogP contribution in [0, 0.1) is 0 Å². The standard InChI is InChI=1S/C14H13Cl2NOS/c15-10-1-3-13-9(5-10)6-11(18-13)7-17-8-12-2-4-14(16)19-12/h1-5,11,17H,6-8H2. The van der Waals surface area contributed by atoms with E-state index in [4.69, 9.17) is 27.9 Å². The summed E-state index contributed by atoms with van der Waals surface area (Å²) in [6, 6.07) is 9.76. The van der Waals surface area contributed by atoms with Crippen molar-refractivity contribution < 1.29 is 4.74 Å². The van der Waals surface area contributed by atoms with Gasteiger partial charge in [-0.2, -0.15) is 0 Å². The first-order valence-corrected chi connectivity index (χ1v) is 7.68. The largest absolute Gasteiger partial charge is 0.488 e. The van der Waals surface area contributed by atoms with Crippen molar-refractivity contribution >= 4 is 34.5 Å². The molecule has 0 fully saturated rings. The van der Waals surface area contributed by atoms with Crippen molar-refractivity contribution in [2.75, 3.05) is 6.54 Å². The monoisotopic (exact) mass is 313 g/mol. The number of ether oxygens (including phenoxy) is 1. The molecule has 0 aliphatic carbocycles. The Morgan fingerprint density at radius 3 is 2.95 bits per heavy atom. The quantitative estimate of drug-likeness (QED) is 0.915. The molecule has 0 bridgehead atoms. The number of thiophene rings is 1. The van der Waals surface area contributed by atoms with Crippen molar-refractivity contribution in [3.63, 3.8) is 0 Å². The van der Waals surface area contributed by atoms with Crippen molar-refractivity contribution in [3.05, 3.63) is 50.1 Å². The lowest BCUT2D eigenvalue weighted by Crippen LogP contribution is -2.29. The van der Waals surface area contributed by atoms with Crippen molar-refractivity contribution in [2.24, 2.45) is 0 Å². The summed E-state index contributed by atoms with van der Waals surface area (Å²) in [6.07, 6.45) is 1.09. The third-order valence-corrected chi connectivity index (χ3v) is 4.53. The number of nitrogens with one attached hydrogen (secondary N) is 1. The van der Waals surface area contributed by atoms with E-state index >= 15 is 0 Å². The molecule has 1 aliphatic rings. The predicted octanol–water partition coefficient (Wildman–Crippen LogP) is 4.15. The molecule has 100 valence electrons. The van der Waals surface area contributed by atoms with Gasteiger partial charge < -0.3 is 10.1 Å². The molecular weight excluding hydrogens is 301 g/mol. The molecule has 0 saturated heterocycles. The summed E-state index contributed by atoms with van der Waals surface area (Å²) in [5, 5.41) is 4.17. The van der Waals surface area contributed by atoms with E-state index in [0.29, 0.717) is 0 Å². The van der Waals surface area contributed by atoms with Gasteiger partial charge in [0.05, 0.1) is 4.34 Å². The summed E-state index contributed by atoms with van der Waals surface area (Å²) in [6.45, 7) is 1.65. The summed E-state index contributed by atoms with van der Waals surface area (Å²) in [5.41, 5.74) is 1.19. The van der Waals surface area contributed by atoms with Crippen LogP contribution >= 0.6 is 34.5 Å². The van der Waals surface area contributed by atoms with Crippen LogP contribution in [0.25, 0.3) is 0 Å². The van der Waals surface area contributed by atoms with E-state index in [1.165, 1.54) is 10.4 Å². The fraction of sp³-hybridized carbons (Fsp3) is 0.286. The van der Waals surface area contributed by atoms with Gasteiger partial charge in [0.15, 0.2) is 0 Å². The molecule has 1 aromatic heterocycles. The average molecular weight is 314 g/mol. The molecule has 2 aromatic rings. The minimum Gasteiger partial charge on any atom is -0.488 e. The smallest absolute Gasteiger partial charge is 0.123 e. The lowest BCUT2D eigenvalue weighted by atomic mass is 10.1. The van der Waals surface area contributed by atoms with E-state index in [1.54, 1.807) is 11.3 Å². The van der Waals surface area contributed by atoms with Crippen molar-refractivity contribution in [3.8, 4) is 5.75 Å². The third kappa shape index (κ3) is 3.23. The summed E-state index contributed by atoms with van der Waals surface area (Å²) >= 11 is 13.5.